The number of nitrogens with one attached hydrogen (secondary N) is 1. The quantitative estimate of drug-likeness (QED) is 0.900. The largest absolute Gasteiger partial charge is 0.491 e. The smallest absolute Gasteiger partial charge is 0.138 e. The van der Waals surface area contributed by atoms with Crippen LogP contribution < -0.4 is 10.1 Å². The van der Waals surface area contributed by atoms with Crippen LogP contribution in [0, 0.1) is 5.82 Å². The lowest BCUT2D eigenvalue weighted by atomic mass is 10.1. The summed E-state index contributed by atoms with van der Waals surface area (Å²) in [6.07, 6.45) is 2.35. The van der Waals surface area contributed by atoms with Crippen LogP contribution in [0.15, 0.2) is 18.2 Å². The van der Waals surface area contributed by atoms with E-state index in [1.54, 1.807) is 6.07 Å². The number of halogens is 2. The van der Waals surface area contributed by atoms with Crippen LogP contribution in [0.3, 0.4) is 0 Å². The van der Waals surface area contributed by atoms with Crippen LogP contribution in [-0.4, -0.2) is 44.2 Å². The SMILES string of the molecule is CN(CCOc1ccc(F)cc1Cl)C1CCNCC1. The van der Waals surface area contributed by atoms with Crippen LogP contribution in [0.4, 0.5) is 4.39 Å². The Labute approximate surface area is 118 Å². The van der Waals surface area contributed by atoms with E-state index in [0.29, 0.717) is 23.4 Å². The highest BCUT2D eigenvalue weighted by Gasteiger charge is 2.17. The van der Waals surface area contributed by atoms with Crippen molar-refractivity contribution in [2.24, 2.45) is 0 Å². The van der Waals surface area contributed by atoms with E-state index in [-0.39, 0.29) is 5.82 Å². The minimum absolute atomic E-state index is 0.324. The van der Waals surface area contributed by atoms with Gasteiger partial charge in [-0.15, -0.1) is 0 Å². The molecule has 19 heavy (non-hydrogen) atoms. The van der Waals surface area contributed by atoms with Crippen LogP contribution >= 0.6 is 11.6 Å². The van der Waals surface area contributed by atoms with Gasteiger partial charge in [-0.05, 0) is 51.2 Å². The fraction of sp³-hybridized carbons (Fsp3) is 0.571. The third-order valence-corrected chi connectivity index (χ3v) is 3.82. The number of ether oxygens (including phenoxy) is 1. The Balaban J connectivity index is 1.76. The minimum Gasteiger partial charge on any atom is -0.491 e. The molecule has 0 unspecified atom stereocenters. The number of piperidine rings is 1. The van der Waals surface area contributed by atoms with Crippen molar-refractivity contribution in [3.8, 4) is 5.75 Å². The summed E-state index contributed by atoms with van der Waals surface area (Å²) < 4.78 is 18.5. The predicted molar refractivity (Wildman–Crippen MR) is 75.4 cm³/mol. The standard InChI is InChI=1S/C14H20ClFN2O/c1-18(12-4-6-17-7-5-12)8-9-19-14-3-2-11(16)10-13(14)15/h2-3,10,12,17H,4-9H2,1H3. The van der Waals surface area contributed by atoms with E-state index in [2.05, 4.69) is 17.3 Å². The molecule has 0 spiro atoms. The van der Waals surface area contributed by atoms with E-state index in [1.165, 1.54) is 25.0 Å². The van der Waals surface area contributed by atoms with Crippen molar-refractivity contribution < 1.29 is 9.13 Å². The van der Waals surface area contributed by atoms with Crippen molar-refractivity contribution in [3.63, 3.8) is 0 Å². The number of benzene rings is 1. The molecule has 1 saturated heterocycles. The zero-order chi connectivity index (χ0) is 13.7. The highest BCUT2D eigenvalue weighted by molar-refractivity contribution is 6.32. The van der Waals surface area contributed by atoms with Crippen LogP contribution in [0.2, 0.25) is 5.02 Å². The maximum atomic E-state index is 12.9. The Morgan fingerprint density at radius 1 is 1.42 bits per heavy atom. The van der Waals surface area contributed by atoms with Crippen molar-refractivity contribution in [2.45, 2.75) is 18.9 Å². The maximum Gasteiger partial charge on any atom is 0.138 e. The topological polar surface area (TPSA) is 24.5 Å². The molecule has 106 valence electrons. The van der Waals surface area contributed by atoms with E-state index in [4.69, 9.17) is 16.3 Å². The van der Waals surface area contributed by atoms with Crippen molar-refractivity contribution in [1.82, 2.24) is 10.2 Å². The average Bonchev–Trinajstić information content (AvgIpc) is 2.42. The number of rotatable bonds is 5. The highest BCUT2D eigenvalue weighted by Crippen LogP contribution is 2.24. The van der Waals surface area contributed by atoms with Gasteiger partial charge in [-0.3, -0.25) is 4.90 Å². The second-order valence-corrected chi connectivity index (χ2v) is 5.29. The molecule has 0 radical (unpaired) electrons. The molecule has 0 atom stereocenters. The van der Waals surface area contributed by atoms with Gasteiger partial charge < -0.3 is 10.1 Å². The monoisotopic (exact) mass is 286 g/mol. The molecule has 1 aromatic carbocycles. The van der Waals surface area contributed by atoms with Crippen LogP contribution in [0.1, 0.15) is 12.8 Å². The fourth-order valence-corrected chi connectivity index (χ4v) is 2.54. The second-order valence-electron chi connectivity index (χ2n) is 4.88. The Bertz CT molecular complexity index is 410. The highest BCUT2D eigenvalue weighted by atomic mass is 35.5. The predicted octanol–water partition coefficient (Wildman–Crippen LogP) is 2.54. The summed E-state index contributed by atoms with van der Waals surface area (Å²) in [6, 6.07) is 4.82. The zero-order valence-electron chi connectivity index (χ0n) is 11.2. The Morgan fingerprint density at radius 2 is 2.16 bits per heavy atom. The molecule has 1 fully saturated rings. The van der Waals surface area contributed by atoms with Gasteiger partial charge in [-0.25, -0.2) is 4.39 Å². The molecular weight excluding hydrogens is 267 g/mol. The molecule has 2 rings (SSSR count). The zero-order valence-corrected chi connectivity index (χ0v) is 11.9. The van der Waals surface area contributed by atoms with Gasteiger partial charge in [0.25, 0.3) is 0 Å². The van der Waals surface area contributed by atoms with Crippen molar-refractivity contribution in [1.29, 1.82) is 0 Å². The average molecular weight is 287 g/mol. The van der Waals surface area contributed by atoms with Crippen LogP contribution in [0.25, 0.3) is 0 Å². The molecule has 1 heterocycles. The fourth-order valence-electron chi connectivity index (χ4n) is 2.32. The number of hydrogen-bond donors (Lipinski definition) is 1. The van der Waals surface area contributed by atoms with Gasteiger partial charge in [0.15, 0.2) is 0 Å². The third-order valence-electron chi connectivity index (χ3n) is 3.53. The van der Waals surface area contributed by atoms with Crippen molar-refractivity contribution in [3.05, 3.63) is 29.0 Å². The Kier molecular flexibility index (Phi) is 5.43. The molecule has 0 bridgehead atoms. The molecule has 1 aliphatic heterocycles. The molecule has 5 heteroatoms. The molecule has 0 aromatic heterocycles. The summed E-state index contributed by atoms with van der Waals surface area (Å²) in [7, 11) is 2.12. The summed E-state index contributed by atoms with van der Waals surface area (Å²) in [5.41, 5.74) is 0. The van der Waals surface area contributed by atoms with Crippen LogP contribution in [-0.2, 0) is 0 Å². The van der Waals surface area contributed by atoms with Gasteiger partial charge in [0.2, 0.25) is 0 Å². The summed E-state index contributed by atoms with van der Waals surface area (Å²) in [5.74, 6) is 0.200. The van der Waals surface area contributed by atoms with E-state index in [9.17, 15) is 4.39 Å². The first-order valence-corrected chi connectivity index (χ1v) is 7.03. The number of hydrogen-bond acceptors (Lipinski definition) is 3. The molecule has 0 aliphatic carbocycles. The van der Waals surface area contributed by atoms with E-state index < -0.39 is 0 Å². The first-order chi connectivity index (χ1) is 9.16. The molecule has 0 amide bonds. The summed E-state index contributed by atoms with van der Waals surface area (Å²) >= 11 is 5.91. The van der Waals surface area contributed by atoms with Crippen LogP contribution in [0.5, 0.6) is 5.75 Å². The molecule has 0 saturated carbocycles. The van der Waals surface area contributed by atoms with Crippen molar-refractivity contribution in [2.75, 3.05) is 33.3 Å². The molecule has 3 nitrogen and oxygen atoms in total. The number of nitrogens with zero attached hydrogens (tertiary/aromatic N) is 1. The first kappa shape index (κ1) is 14.6. The molecule has 1 aromatic rings. The van der Waals surface area contributed by atoms with Gasteiger partial charge in [0.05, 0.1) is 5.02 Å². The summed E-state index contributed by atoms with van der Waals surface area (Å²) in [5, 5.41) is 3.68. The summed E-state index contributed by atoms with van der Waals surface area (Å²) in [4.78, 5) is 2.32. The second kappa shape index (κ2) is 7.08. The molecule has 1 N–H and O–H groups in total. The van der Waals surface area contributed by atoms with E-state index in [1.807, 2.05) is 0 Å². The van der Waals surface area contributed by atoms with Gasteiger partial charge in [0, 0.05) is 12.6 Å². The lowest BCUT2D eigenvalue weighted by Gasteiger charge is -2.31. The van der Waals surface area contributed by atoms with E-state index >= 15 is 0 Å². The van der Waals surface area contributed by atoms with Gasteiger partial charge >= 0.3 is 0 Å². The van der Waals surface area contributed by atoms with Gasteiger partial charge in [0.1, 0.15) is 18.2 Å². The number of likely N-dealkylation sites (N-methyl/N-ethyl adjacent to an activating group) is 1. The van der Waals surface area contributed by atoms with Gasteiger partial charge in [-0.2, -0.15) is 0 Å². The molecule has 1 aliphatic rings. The lowest BCUT2D eigenvalue weighted by Crippen LogP contribution is -2.42. The first-order valence-electron chi connectivity index (χ1n) is 6.65. The van der Waals surface area contributed by atoms with E-state index in [0.717, 1.165) is 19.6 Å². The maximum absolute atomic E-state index is 12.9. The minimum atomic E-state index is -0.343. The van der Waals surface area contributed by atoms with Crippen molar-refractivity contribution >= 4 is 11.6 Å². The third kappa shape index (κ3) is 4.34. The Morgan fingerprint density at radius 3 is 2.84 bits per heavy atom. The molecular formula is C14H20ClFN2O. The van der Waals surface area contributed by atoms with Gasteiger partial charge in [-0.1, -0.05) is 11.6 Å². The Hall–Kier alpha value is -0.840. The summed E-state index contributed by atoms with van der Waals surface area (Å²) in [6.45, 7) is 3.57. The normalized spacial score (nSPS) is 16.8. The lowest BCUT2D eigenvalue weighted by molar-refractivity contribution is 0.165.